The van der Waals surface area contributed by atoms with E-state index in [2.05, 4.69) is 5.32 Å². The number of amides is 3. The number of methoxy groups -OCH3 is 1. The van der Waals surface area contributed by atoms with Gasteiger partial charge in [-0.15, -0.1) is 0 Å². The molecule has 1 aromatic rings. The minimum atomic E-state index is -0.989. The molecule has 1 unspecified atom stereocenters. The van der Waals surface area contributed by atoms with Crippen molar-refractivity contribution in [3.63, 3.8) is 0 Å². The fourth-order valence-corrected chi connectivity index (χ4v) is 3.54. The summed E-state index contributed by atoms with van der Waals surface area (Å²) in [7, 11) is 1.62. The molecule has 1 atom stereocenters. The highest BCUT2D eigenvalue weighted by Crippen LogP contribution is 2.35. The summed E-state index contributed by atoms with van der Waals surface area (Å²) in [5, 5.41) is 2.88. The van der Waals surface area contributed by atoms with E-state index in [0.29, 0.717) is 0 Å². The van der Waals surface area contributed by atoms with Gasteiger partial charge in [-0.25, -0.2) is 4.79 Å². The second-order valence-corrected chi connectivity index (χ2v) is 6.35. The number of nitrogens with zero attached hydrogens (tertiary/aromatic N) is 1. The van der Waals surface area contributed by atoms with Crippen molar-refractivity contribution in [2.75, 3.05) is 7.11 Å². The molecule has 3 rings (SSSR count). The highest BCUT2D eigenvalue weighted by molar-refractivity contribution is 6.07. The molecule has 1 saturated carbocycles. The molecule has 0 aromatic heterocycles. The van der Waals surface area contributed by atoms with E-state index in [1.165, 1.54) is 4.90 Å². The fraction of sp³-hybridized carbons (Fsp3) is 0.529. The van der Waals surface area contributed by atoms with E-state index < -0.39 is 5.54 Å². The lowest BCUT2D eigenvalue weighted by molar-refractivity contribution is -0.132. The lowest BCUT2D eigenvalue weighted by Gasteiger charge is -2.25. The molecular formula is C17H22N2O3. The second-order valence-electron chi connectivity index (χ2n) is 6.35. The highest BCUT2D eigenvalue weighted by atomic mass is 16.5. The Morgan fingerprint density at radius 3 is 2.55 bits per heavy atom. The molecule has 1 heterocycles. The zero-order valence-electron chi connectivity index (χ0n) is 13.3. The first-order valence-electron chi connectivity index (χ1n) is 7.78. The molecule has 5 heteroatoms. The summed E-state index contributed by atoms with van der Waals surface area (Å²) < 4.78 is 5.26. The molecular weight excluding hydrogens is 280 g/mol. The minimum Gasteiger partial charge on any atom is -0.496 e. The Hall–Kier alpha value is -2.04. The van der Waals surface area contributed by atoms with Crippen LogP contribution in [0, 0.1) is 6.92 Å². The van der Waals surface area contributed by atoms with Gasteiger partial charge in [-0.2, -0.15) is 0 Å². The molecule has 2 fully saturated rings. The van der Waals surface area contributed by atoms with Crippen molar-refractivity contribution < 1.29 is 14.3 Å². The summed E-state index contributed by atoms with van der Waals surface area (Å²) in [6.45, 7) is 3.71. The van der Waals surface area contributed by atoms with Gasteiger partial charge in [0.2, 0.25) is 0 Å². The Morgan fingerprint density at radius 2 is 1.95 bits per heavy atom. The third kappa shape index (κ3) is 2.16. The summed E-state index contributed by atoms with van der Waals surface area (Å²) >= 11 is 0. The summed E-state index contributed by atoms with van der Waals surface area (Å²) in [6, 6.07) is 5.38. The largest absolute Gasteiger partial charge is 0.496 e. The van der Waals surface area contributed by atoms with Crippen LogP contribution < -0.4 is 10.1 Å². The van der Waals surface area contributed by atoms with Crippen LogP contribution in [0.2, 0.25) is 0 Å². The SMILES string of the molecule is COc1ccc(C2(C)NC(=O)N(C3CCCC3)C2=O)cc1C. The molecule has 1 aliphatic carbocycles. The van der Waals surface area contributed by atoms with Crippen LogP contribution in [0.25, 0.3) is 0 Å². The zero-order valence-corrected chi connectivity index (χ0v) is 13.3. The average Bonchev–Trinajstić information content (AvgIpc) is 3.07. The number of benzene rings is 1. The van der Waals surface area contributed by atoms with Crippen LogP contribution in [0.3, 0.4) is 0 Å². The first-order valence-corrected chi connectivity index (χ1v) is 7.78. The Morgan fingerprint density at radius 1 is 1.27 bits per heavy atom. The third-order valence-corrected chi connectivity index (χ3v) is 4.88. The summed E-state index contributed by atoms with van der Waals surface area (Å²) in [5.74, 6) is 0.630. The van der Waals surface area contributed by atoms with E-state index in [1.54, 1.807) is 14.0 Å². The van der Waals surface area contributed by atoms with Crippen LogP contribution in [0.5, 0.6) is 5.75 Å². The molecule has 22 heavy (non-hydrogen) atoms. The molecule has 0 radical (unpaired) electrons. The van der Waals surface area contributed by atoms with Gasteiger partial charge in [0.25, 0.3) is 5.91 Å². The summed E-state index contributed by atoms with van der Waals surface area (Å²) in [4.78, 5) is 26.7. The topological polar surface area (TPSA) is 58.6 Å². The quantitative estimate of drug-likeness (QED) is 0.873. The van der Waals surface area contributed by atoms with E-state index in [1.807, 2.05) is 25.1 Å². The monoisotopic (exact) mass is 302 g/mol. The van der Waals surface area contributed by atoms with Gasteiger partial charge in [0.1, 0.15) is 11.3 Å². The number of hydrogen-bond acceptors (Lipinski definition) is 3. The lowest BCUT2D eigenvalue weighted by atomic mass is 9.90. The van der Waals surface area contributed by atoms with Crippen molar-refractivity contribution >= 4 is 11.9 Å². The third-order valence-electron chi connectivity index (χ3n) is 4.88. The maximum absolute atomic E-state index is 12.9. The normalized spacial score (nSPS) is 25.7. The van der Waals surface area contributed by atoms with Crippen molar-refractivity contribution in [2.24, 2.45) is 0 Å². The molecule has 1 aromatic carbocycles. The van der Waals surface area contributed by atoms with E-state index in [0.717, 1.165) is 42.6 Å². The van der Waals surface area contributed by atoms with E-state index in [-0.39, 0.29) is 18.0 Å². The first-order chi connectivity index (χ1) is 10.5. The molecule has 0 bridgehead atoms. The number of urea groups is 1. The van der Waals surface area contributed by atoms with Crippen molar-refractivity contribution in [3.05, 3.63) is 29.3 Å². The molecule has 1 N–H and O–H groups in total. The van der Waals surface area contributed by atoms with Gasteiger partial charge in [-0.3, -0.25) is 9.69 Å². The maximum Gasteiger partial charge on any atom is 0.325 e. The Bertz CT molecular complexity index is 622. The van der Waals surface area contributed by atoms with Crippen LogP contribution in [0.15, 0.2) is 18.2 Å². The Labute approximate surface area is 130 Å². The molecule has 1 saturated heterocycles. The van der Waals surface area contributed by atoms with Crippen LogP contribution in [-0.4, -0.2) is 30.0 Å². The van der Waals surface area contributed by atoms with E-state index in [9.17, 15) is 9.59 Å². The van der Waals surface area contributed by atoms with Crippen LogP contribution in [-0.2, 0) is 10.3 Å². The molecule has 118 valence electrons. The average molecular weight is 302 g/mol. The smallest absolute Gasteiger partial charge is 0.325 e. The minimum absolute atomic E-state index is 0.0497. The zero-order chi connectivity index (χ0) is 15.9. The van der Waals surface area contributed by atoms with Gasteiger partial charge in [0.05, 0.1) is 7.11 Å². The van der Waals surface area contributed by atoms with Crippen molar-refractivity contribution in [1.29, 1.82) is 0 Å². The predicted octanol–water partition coefficient (Wildman–Crippen LogP) is 2.71. The maximum atomic E-state index is 12.9. The van der Waals surface area contributed by atoms with Gasteiger partial charge in [0, 0.05) is 6.04 Å². The molecule has 5 nitrogen and oxygen atoms in total. The van der Waals surface area contributed by atoms with Gasteiger partial charge in [-0.05, 0) is 49.9 Å². The van der Waals surface area contributed by atoms with Gasteiger partial charge in [-0.1, -0.05) is 18.9 Å². The van der Waals surface area contributed by atoms with Crippen molar-refractivity contribution in [2.45, 2.75) is 51.1 Å². The van der Waals surface area contributed by atoms with E-state index in [4.69, 9.17) is 4.74 Å². The number of hydrogen-bond donors (Lipinski definition) is 1. The predicted molar refractivity (Wildman–Crippen MR) is 82.7 cm³/mol. The number of carbonyl (C=O) groups is 2. The molecule has 2 aliphatic rings. The van der Waals surface area contributed by atoms with Crippen LogP contribution >= 0.6 is 0 Å². The van der Waals surface area contributed by atoms with Gasteiger partial charge >= 0.3 is 6.03 Å². The van der Waals surface area contributed by atoms with Gasteiger partial charge < -0.3 is 10.1 Å². The van der Waals surface area contributed by atoms with Crippen LogP contribution in [0.1, 0.15) is 43.7 Å². The van der Waals surface area contributed by atoms with Crippen LogP contribution in [0.4, 0.5) is 4.79 Å². The standard InChI is InChI=1S/C17H22N2O3/c1-11-10-12(8-9-14(11)22-3)17(2)15(20)19(16(21)18-17)13-6-4-5-7-13/h8-10,13H,4-7H2,1-3H3,(H,18,21). The molecule has 3 amide bonds. The number of nitrogens with one attached hydrogen (secondary N) is 1. The van der Waals surface area contributed by atoms with Gasteiger partial charge in [0.15, 0.2) is 0 Å². The Kier molecular flexibility index (Phi) is 3.59. The highest BCUT2D eigenvalue weighted by Gasteiger charge is 2.51. The lowest BCUT2D eigenvalue weighted by Crippen LogP contribution is -2.42. The fourth-order valence-electron chi connectivity index (χ4n) is 3.54. The van der Waals surface area contributed by atoms with Crippen molar-refractivity contribution in [1.82, 2.24) is 10.2 Å². The number of aryl methyl sites for hydroxylation is 1. The summed E-state index contributed by atoms with van der Waals surface area (Å²) in [5.41, 5.74) is 0.753. The number of ether oxygens (including phenoxy) is 1. The second kappa shape index (κ2) is 5.30. The number of rotatable bonds is 3. The number of imide groups is 1. The first kappa shape index (κ1) is 14.9. The number of carbonyl (C=O) groups excluding carboxylic acids is 2. The Balaban J connectivity index is 1.94. The molecule has 0 spiro atoms. The van der Waals surface area contributed by atoms with E-state index >= 15 is 0 Å². The molecule has 1 aliphatic heterocycles. The van der Waals surface area contributed by atoms with Crippen molar-refractivity contribution in [3.8, 4) is 5.75 Å². The summed E-state index contributed by atoms with van der Waals surface area (Å²) in [6.07, 6.45) is 3.99.